The first-order chi connectivity index (χ1) is 10.4. The maximum atomic E-state index is 12.0. The smallest absolute Gasteiger partial charge is 0.251 e. The number of carbonyl (C=O) groups excluding carboxylic acids is 1. The standard InChI is InChI=1S/C14H23N3O4S.ClH/c1-11(15-2)10-16-14(18)12-4-6-13(7-5-12)22(19,20)17-8-9-21-3;/h4-7,11,15,17H,8-10H2,1-3H3,(H,16,18);1H. The van der Waals surface area contributed by atoms with Gasteiger partial charge in [-0.1, -0.05) is 0 Å². The summed E-state index contributed by atoms with van der Waals surface area (Å²) >= 11 is 0. The van der Waals surface area contributed by atoms with Crippen LogP contribution in [-0.2, 0) is 14.8 Å². The minimum atomic E-state index is -3.58. The van der Waals surface area contributed by atoms with E-state index >= 15 is 0 Å². The number of carbonyl (C=O) groups is 1. The van der Waals surface area contributed by atoms with E-state index in [1.807, 2.05) is 14.0 Å². The van der Waals surface area contributed by atoms with Gasteiger partial charge < -0.3 is 15.4 Å². The van der Waals surface area contributed by atoms with Gasteiger partial charge in [-0.25, -0.2) is 13.1 Å². The Morgan fingerprint density at radius 1 is 1.26 bits per heavy atom. The fourth-order valence-corrected chi connectivity index (χ4v) is 2.61. The van der Waals surface area contributed by atoms with E-state index in [1.165, 1.54) is 31.4 Å². The zero-order chi connectivity index (χ0) is 16.6. The Morgan fingerprint density at radius 2 is 1.87 bits per heavy atom. The van der Waals surface area contributed by atoms with Crippen LogP contribution in [0.15, 0.2) is 29.2 Å². The van der Waals surface area contributed by atoms with Crippen LogP contribution in [0.1, 0.15) is 17.3 Å². The number of likely N-dealkylation sites (N-methyl/N-ethyl adjacent to an activating group) is 1. The SMILES string of the molecule is CNC(C)CNC(=O)c1ccc(S(=O)(=O)NCCOC)cc1.Cl. The van der Waals surface area contributed by atoms with Gasteiger partial charge in [0.05, 0.1) is 11.5 Å². The lowest BCUT2D eigenvalue weighted by Gasteiger charge is -2.11. The summed E-state index contributed by atoms with van der Waals surface area (Å²) in [5.41, 5.74) is 0.416. The molecule has 7 nitrogen and oxygen atoms in total. The van der Waals surface area contributed by atoms with Gasteiger partial charge in [-0.05, 0) is 38.2 Å². The zero-order valence-electron chi connectivity index (χ0n) is 13.5. The summed E-state index contributed by atoms with van der Waals surface area (Å²) in [6.07, 6.45) is 0. The van der Waals surface area contributed by atoms with Crippen molar-refractivity contribution in [2.24, 2.45) is 0 Å². The first-order valence-electron chi connectivity index (χ1n) is 6.95. The summed E-state index contributed by atoms with van der Waals surface area (Å²) in [4.78, 5) is 12.0. The van der Waals surface area contributed by atoms with Gasteiger partial charge >= 0.3 is 0 Å². The zero-order valence-corrected chi connectivity index (χ0v) is 15.1. The highest BCUT2D eigenvalue weighted by molar-refractivity contribution is 7.89. The number of benzene rings is 1. The Bertz CT molecular complexity index is 578. The van der Waals surface area contributed by atoms with Crippen LogP contribution in [0.4, 0.5) is 0 Å². The van der Waals surface area contributed by atoms with Crippen LogP contribution in [-0.4, -0.2) is 54.2 Å². The molecule has 0 aromatic heterocycles. The van der Waals surface area contributed by atoms with Crippen molar-refractivity contribution in [3.05, 3.63) is 29.8 Å². The molecule has 9 heteroatoms. The number of ether oxygens (including phenoxy) is 1. The van der Waals surface area contributed by atoms with Gasteiger partial charge in [0, 0.05) is 31.8 Å². The molecule has 0 bridgehead atoms. The molecule has 0 aliphatic rings. The highest BCUT2D eigenvalue weighted by Crippen LogP contribution is 2.10. The quantitative estimate of drug-likeness (QED) is 0.549. The molecule has 0 aliphatic carbocycles. The lowest BCUT2D eigenvalue weighted by molar-refractivity contribution is 0.0950. The fraction of sp³-hybridized carbons (Fsp3) is 0.500. The number of hydrogen-bond acceptors (Lipinski definition) is 5. The summed E-state index contributed by atoms with van der Waals surface area (Å²) in [6, 6.07) is 5.96. The summed E-state index contributed by atoms with van der Waals surface area (Å²) in [6.45, 7) is 2.93. The van der Waals surface area contributed by atoms with Crippen LogP contribution in [0.25, 0.3) is 0 Å². The second-order valence-electron chi connectivity index (χ2n) is 4.81. The Kier molecular flexibility index (Phi) is 10.0. The van der Waals surface area contributed by atoms with Crippen molar-refractivity contribution in [2.45, 2.75) is 17.9 Å². The molecule has 0 spiro atoms. The molecule has 1 rings (SSSR count). The van der Waals surface area contributed by atoms with E-state index in [1.54, 1.807) is 0 Å². The molecule has 0 fully saturated rings. The molecule has 3 N–H and O–H groups in total. The van der Waals surface area contributed by atoms with Crippen LogP contribution in [0.2, 0.25) is 0 Å². The minimum absolute atomic E-state index is 0. The number of rotatable bonds is 9. The van der Waals surface area contributed by atoms with E-state index in [-0.39, 0.29) is 35.8 Å². The highest BCUT2D eigenvalue weighted by Gasteiger charge is 2.14. The monoisotopic (exact) mass is 365 g/mol. The molecule has 0 saturated heterocycles. The number of hydrogen-bond donors (Lipinski definition) is 3. The molecular formula is C14H24ClN3O4S. The summed E-state index contributed by atoms with van der Waals surface area (Å²) in [5.74, 6) is -0.238. The van der Waals surface area contributed by atoms with E-state index < -0.39 is 10.0 Å². The first-order valence-corrected chi connectivity index (χ1v) is 8.43. The van der Waals surface area contributed by atoms with Gasteiger partial charge in [0.25, 0.3) is 5.91 Å². The average molecular weight is 366 g/mol. The van der Waals surface area contributed by atoms with Crippen molar-refractivity contribution in [1.82, 2.24) is 15.4 Å². The minimum Gasteiger partial charge on any atom is -0.383 e. The molecule has 132 valence electrons. The molecule has 0 radical (unpaired) electrons. The highest BCUT2D eigenvalue weighted by atomic mass is 35.5. The Hall–Kier alpha value is -1.19. The van der Waals surface area contributed by atoms with E-state index in [9.17, 15) is 13.2 Å². The molecule has 1 aromatic carbocycles. The van der Waals surface area contributed by atoms with Gasteiger partial charge in [-0.2, -0.15) is 0 Å². The van der Waals surface area contributed by atoms with Crippen molar-refractivity contribution in [1.29, 1.82) is 0 Å². The van der Waals surface area contributed by atoms with Crippen molar-refractivity contribution < 1.29 is 17.9 Å². The van der Waals surface area contributed by atoms with Crippen molar-refractivity contribution >= 4 is 28.3 Å². The lowest BCUT2D eigenvalue weighted by atomic mass is 10.2. The maximum Gasteiger partial charge on any atom is 0.251 e. The van der Waals surface area contributed by atoms with Crippen LogP contribution in [0.3, 0.4) is 0 Å². The number of sulfonamides is 1. The van der Waals surface area contributed by atoms with Crippen molar-refractivity contribution in [2.75, 3.05) is 33.9 Å². The lowest BCUT2D eigenvalue weighted by Crippen LogP contribution is -2.37. The van der Waals surface area contributed by atoms with E-state index in [0.29, 0.717) is 18.7 Å². The molecule has 1 atom stereocenters. The predicted octanol–water partition coefficient (Wildman–Crippen LogP) is 0.371. The Labute approximate surface area is 143 Å². The molecule has 1 amide bonds. The second-order valence-corrected chi connectivity index (χ2v) is 6.58. The Balaban J connectivity index is 0.00000484. The topological polar surface area (TPSA) is 96.5 Å². The van der Waals surface area contributed by atoms with Crippen LogP contribution in [0, 0.1) is 0 Å². The van der Waals surface area contributed by atoms with Gasteiger partial charge in [-0.15, -0.1) is 12.4 Å². The third-order valence-corrected chi connectivity index (χ3v) is 4.56. The second kappa shape index (κ2) is 10.6. The number of nitrogens with one attached hydrogen (secondary N) is 3. The first kappa shape index (κ1) is 21.8. The fourth-order valence-electron chi connectivity index (χ4n) is 1.60. The maximum absolute atomic E-state index is 12.0. The van der Waals surface area contributed by atoms with E-state index in [2.05, 4.69) is 15.4 Å². The van der Waals surface area contributed by atoms with Crippen LogP contribution in [0.5, 0.6) is 0 Å². The summed E-state index contributed by atoms with van der Waals surface area (Å²) in [7, 11) is -0.267. The van der Waals surface area contributed by atoms with Crippen LogP contribution < -0.4 is 15.4 Å². The van der Waals surface area contributed by atoms with Crippen LogP contribution >= 0.6 is 12.4 Å². The average Bonchev–Trinajstić information content (AvgIpc) is 2.52. The summed E-state index contributed by atoms with van der Waals surface area (Å²) < 4.78 is 31.1. The molecule has 23 heavy (non-hydrogen) atoms. The largest absolute Gasteiger partial charge is 0.383 e. The van der Waals surface area contributed by atoms with E-state index in [0.717, 1.165) is 0 Å². The number of amides is 1. The third-order valence-electron chi connectivity index (χ3n) is 3.09. The molecule has 0 heterocycles. The summed E-state index contributed by atoms with van der Waals surface area (Å²) in [5, 5.41) is 5.78. The molecule has 1 unspecified atom stereocenters. The normalized spacial score (nSPS) is 12.3. The van der Waals surface area contributed by atoms with Gasteiger partial charge in [0.1, 0.15) is 0 Å². The molecule has 0 aliphatic heterocycles. The van der Waals surface area contributed by atoms with Crippen molar-refractivity contribution in [3.63, 3.8) is 0 Å². The number of halogens is 1. The molecule has 1 aromatic rings. The van der Waals surface area contributed by atoms with E-state index in [4.69, 9.17) is 4.74 Å². The van der Waals surface area contributed by atoms with Crippen molar-refractivity contribution in [3.8, 4) is 0 Å². The molecule has 0 saturated carbocycles. The third kappa shape index (κ3) is 7.28. The molecular weight excluding hydrogens is 342 g/mol. The number of methoxy groups -OCH3 is 1. The Morgan fingerprint density at radius 3 is 2.39 bits per heavy atom. The predicted molar refractivity (Wildman–Crippen MR) is 91.6 cm³/mol. The van der Waals surface area contributed by atoms with Gasteiger partial charge in [0.15, 0.2) is 0 Å². The van der Waals surface area contributed by atoms with Gasteiger partial charge in [-0.3, -0.25) is 4.79 Å². The van der Waals surface area contributed by atoms with Gasteiger partial charge in [0.2, 0.25) is 10.0 Å².